The van der Waals surface area contributed by atoms with Crippen molar-refractivity contribution in [3.8, 4) is 6.07 Å². The third-order valence-corrected chi connectivity index (χ3v) is 4.85. The average molecular weight is 283 g/mol. The summed E-state index contributed by atoms with van der Waals surface area (Å²) in [5.74, 6) is 0.489. The van der Waals surface area contributed by atoms with E-state index in [0.29, 0.717) is 5.75 Å². The lowest BCUT2D eigenvalue weighted by Crippen LogP contribution is -2.08. The number of nitriles is 1. The van der Waals surface area contributed by atoms with Gasteiger partial charge < -0.3 is 0 Å². The van der Waals surface area contributed by atoms with E-state index >= 15 is 0 Å². The maximum atomic E-state index is 12.6. The van der Waals surface area contributed by atoms with Crippen LogP contribution in [0.1, 0.15) is 28.4 Å². The first-order valence-electron chi connectivity index (χ1n) is 6.55. The maximum absolute atomic E-state index is 12.6. The normalized spacial score (nSPS) is 13.4. The fourth-order valence-corrected chi connectivity index (χ4v) is 3.61. The van der Waals surface area contributed by atoms with Gasteiger partial charge in [0.1, 0.15) is 0 Å². The van der Waals surface area contributed by atoms with Gasteiger partial charge >= 0.3 is 0 Å². The van der Waals surface area contributed by atoms with Crippen LogP contribution in [-0.4, -0.2) is 4.21 Å². The van der Waals surface area contributed by atoms with Crippen molar-refractivity contribution in [3.63, 3.8) is 0 Å². The molecule has 0 bridgehead atoms. The van der Waals surface area contributed by atoms with E-state index in [1.807, 2.05) is 61.5 Å². The van der Waals surface area contributed by atoms with Gasteiger partial charge in [0.2, 0.25) is 0 Å². The van der Waals surface area contributed by atoms with Gasteiger partial charge in [-0.3, -0.25) is 4.21 Å². The van der Waals surface area contributed by atoms with Gasteiger partial charge in [-0.25, -0.2) is 0 Å². The number of rotatable bonds is 5. The van der Waals surface area contributed by atoms with Crippen molar-refractivity contribution >= 4 is 10.8 Å². The fraction of sp³-hybridized carbons (Fsp3) is 0.235. The standard InChI is InChI=1S/C17H17NOS/c1-14-6-5-7-15(12-14)13-20(19)17(10-11-18)16-8-3-2-4-9-16/h2-9,12,17H,10,13H2,1H3. The predicted octanol–water partition coefficient (Wildman–Crippen LogP) is 3.90. The molecule has 102 valence electrons. The molecule has 2 nitrogen and oxygen atoms in total. The molecule has 0 radical (unpaired) electrons. The Labute approximate surface area is 122 Å². The van der Waals surface area contributed by atoms with Gasteiger partial charge in [0, 0.05) is 16.6 Å². The van der Waals surface area contributed by atoms with Crippen molar-refractivity contribution in [2.75, 3.05) is 0 Å². The summed E-state index contributed by atoms with van der Waals surface area (Å²) >= 11 is 0. The van der Waals surface area contributed by atoms with E-state index in [0.717, 1.165) is 16.7 Å². The quantitative estimate of drug-likeness (QED) is 0.835. The maximum Gasteiger partial charge on any atom is 0.0730 e. The van der Waals surface area contributed by atoms with E-state index in [-0.39, 0.29) is 11.7 Å². The van der Waals surface area contributed by atoms with Crippen molar-refractivity contribution < 1.29 is 4.21 Å². The second-order valence-electron chi connectivity index (χ2n) is 4.78. The van der Waals surface area contributed by atoms with E-state index < -0.39 is 10.8 Å². The summed E-state index contributed by atoms with van der Waals surface area (Å²) in [5, 5.41) is 8.75. The summed E-state index contributed by atoms with van der Waals surface area (Å²) in [6, 6.07) is 19.8. The van der Waals surface area contributed by atoms with Crippen molar-refractivity contribution in [3.05, 3.63) is 71.3 Å². The monoisotopic (exact) mass is 283 g/mol. The second-order valence-corrected chi connectivity index (χ2v) is 6.39. The minimum Gasteiger partial charge on any atom is -0.259 e. The van der Waals surface area contributed by atoms with Crippen molar-refractivity contribution in [1.29, 1.82) is 5.26 Å². The van der Waals surface area contributed by atoms with E-state index in [4.69, 9.17) is 5.26 Å². The van der Waals surface area contributed by atoms with Crippen LogP contribution in [0.4, 0.5) is 0 Å². The Morgan fingerprint density at radius 3 is 2.55 bits per heavy atom. The van der Waals surface area contributed by atoms with E-state index in [9.17, 15) is 4.21 Å². The molecule has 2 aromatic rings. The molecular formula is C17H17NOS. The van der Waals surface area contributed by atoms with Crippen LogP contribution in [0.15, 0.2) is 54.6 Å². The van der Waals surface area contributed by atoms with Crippen molar-refractivity contribution in [1.82, 2.24) is 0 Å². The van der Waals surface area contributed by atoms with Gasteiger partial charge in [-0.05, 0) is 18.1 Å². The molecule has 3 heteroatoms. The summed E-state index contributed by atoms with van der Waals surface area (Å²) in [5.41, 5.74) is 3.19. The first kappa shape index (κ1) is 14.5. The zero-order valence-corrected chi connectivity index (χ0v) is 12.3. The van der Waals surface area contributed by atoms with Gasteiger partial charge in [0.05, 0.1) is 17.7 Å². The molecule has 0 aliphatic rings. The van der Waals surface area contributed by atoms with E-state index in [1.54, 1.807) is 0 Å². The van der Waals surface area contributed by atoms with Crippen LogP contribution in [0.5, 0.6) is 0 Å². The minimum absolute atomic E-state index is 0.221. The first-order chi connectivity index (χ1) is 9.70. The van der Waals surface area contributed by atoms with Crippen LogP contribution < -0.4 is 0 Å². The molecule has 0 aromatic heterocycles. The van der Waals surface area contributed by atoms with Crippen LogP contribution in [0, 0.1) is 18.3 Å². The predicted molar refractivity (Wildman–Crippen MR) is 82.4 cm³/mol. The van der Waals surface area contributed by atoms with Crippen molar-refractivity contribution in [2.24, 2.45) is 0 Å². The number of nitrogens with zero attached hydrogens (tertiary/aromatic N) is 1. The first-order valence-corrected chi connectivity index (χ1v) is 7.93. The molecule has 2 aromatic carbocycles. The van der Waals surface area contributed by atoms with Crippen LogP contribution in [0.25, 0.3) is 0 Å². The summed E-state index contributed by atoms with van der Waals surface area (Å²) < 4.78 is 12.6. The van der Waals surface area contributed by atoms with Crippen LogP contribution in [-0.2, 0) is 16.6 Å². The highest BCUT2D eigenvalue weighted by molar-refractivity contribution is 7.84. The lowest BCUT2D eigenvalue weighted by molar-refractivity contribution is 0.672. The number of aryl methyl sites for hydroxylation is 1. The Kier molecular flexibility index (Phi) is 5.09. The molecule has 0 aliphatic heterocycles. The highest BCUT2D eigenvalue weighted by Crippen LogP contribution is 2.25. The number of hydrogen-bond donors (Lipinski definition) is 0. The van der Waals surface area contributed by atoms with Crippen LogP contribution in [0.2, 0.25) is 0 Å². The topological polar surface area (TPSA) is 40.9 Å². The van der Waals surface area contributed by atoms with Crippen LogP contribution >= 0.6 is 0 Å². The molecule has 0 fully saturated rings. The average Bonchev–Trinajstić information content (AvgIpc) is 2.45. The molecule has 20 heavy (non-hydrogen) atoms. The molecule has 0 spiro atoms. The lowest BCUT2D eigenvalue weighted by Gasteiger charge is -2.14. The van der Waals surface area contributed by atoms with Gasteiger partial charge in [-0.1, -0.05) is 60.2 Å². The number of benzene rings is 2. The van der Waals surface area contributed by atoms with Gasteiger partial charge in [0.15, 0.2) is 0 Å². The Balaban J connectivity index is 2.18. The molecular weight excluding hydrogens is 266 g/mol. The molecule has 0 heterocycles. The molecule has 0 saturated heterocycles. The molecule has 2 rings (SSSR count). The Morgan fingerprint density at radius 1 is 1.15 bits per heavy atom. The Bertz CT molecular complexity index is 631. The third-order valence-electron chi connectivity index (χ3n) is 3.16. The van der Waals surface area contributed by atoms with Crippen LogP contribution in [0.3, 0.4) is 0 Å². The van der Waals surface area contributed by atoms with Gasteiger partial charge in [-0.2, -0.15) is 5.26 Å². The Hall–Kier alpha value is -1.92. The summed E-state index contributed by atoms with van der Waals surface area (Å²) in [6.45, 7) is 2.02. The second kappa shape index (κ2) is 7.02. The highest BCUT2D eigenvalue weighted by Gasteiger charge is 2.18. The molecule has 0 saturated carbocycles. The number of hydrogen-bond acceptors (Lipinski definition) is 2. The fourth-order valence-electron chi connectivity index (χ4n) is 2.18. The third kappa shape index (κ3) is 3.79. The summed E-state index contributed by atoms with van der Waals surface area (Å²) in [4.78, 5) is 0. The zero-order valence-electron chi connectivity index (χ0n) is 11.5. The van der Waals surface area contributed by atoms with Crippen molar-refractivity contribution in [2.45, 2.75) is 24.3 Å². The summed E-state index contributed by atoms with van der Waals surface area (Å²) in [7, 11) is -1.09. The largest absolute Gasteiger partial charge is 0.259 e. The highest BCUT2D eigenvalue weighted by atomic mass is 32.2. The molecule has 2 atom stereocenters. The van der Waals surface area contributed by atoms with E-state index in [1.165, 1.54) is 0 Å². The Morgan fingerprint density at radius 2 is 1.90 bits per heavy atom. The summed E-state index contributed by atoms with van der Waals surface area (Å²) in [6.07, 6.45) is 0.280. The minimum atomic E-state index is -1.09. The van der Waals surface area contributed by atoms with Gasteiger partial charge in [0.25, 0.3) is 0 Å². The lowest BCUT2D eigenvalue weighted by atomic mass is 10.1. The molecule has 0 N–H and O–H groups in total. The molecule has 2 unspecified atom stereocenters. The van der Waals surface area contributed by atoms with Gasteiger partial charge in [-0.15, -0.1) is 0 Å². The molecule has 0 amide bonds. The smallest absolute Gasteiger partial charge is 0.0730 e. The van der Waals surface area contributed by atoms with E-state index in [2.05, 4.69) is 6.07 Å². The zero-order chi connectivity index (χ0) is 14.4. The molecule has 0 aliphatic carbocycles. The SMILES string of the molecule is Cc1cccc(CS(=O)C(CC#N)c2ccccc2)c1.